The number of nitrogens with one attached hydrogen (secondary N) is 3. The van der Waals surface area contributed by atoms with Gasteiger partial charge >= 0.3 is 5.97 Å². The third kappa shape index (κ3) is 11.4. The number of primary amides is 1. The average Bonchev–Trinajstić information content (AvgIpc) is 2.75. The van der Waals surface area contributed by atoms with E-state index in [2.05, 4.69) is 16.0 Å². The minimum absolute atomic E-state index is 0.117. The number of carbonyl (C=O) groups is 5. The van der Waals surface area contributed by atoms with Crippen molar-refractivity contribution in [2.24, 2.45) is 23.3 Å². The third-order valence-electron chi connectivity index (χ3n) is 5.35. The van der Waals surface area contributed by atoms with Crippen molar-refractivity contribution in [3.8, 4) is 0 Å². The van der Waals surface area contributed by atoms with Crippen molar-refractivity contribution in [3.63, 3.8) is 0 Å². The Kier molecular flexibility index (Phi) is 14.4. The summed E-state index contributed by atoms with van der Waals surface area (Å²) in [5.41, 5.74) is 11.1. The third-order valence-corrected chi connectivity index (χ3v) is 6.00. The maximum Gasteiger partial charge on any atom is 0.326 e. The number of carboxylic acids is 1. The number of hydrogen-bond donors (Lipinski definition) is 6. The van der Waals surface area contributed by atoms with E-state index in [0.29, 0.717) is 18.6 Å². The van der Waals surface area contributed by atoms with Crippen LogP contribution in [0.4, 0.5) is 0 Å². The van der Waals surface area contributed by atoms with E-state index in [4.69, 9.17) is 11.5 Å². The first-order valence-corrected chi connectivity index (χ1v) is 12.4. The molecule has 0 bridgehead atoms. The van der Waals surface area contributed by atoms with E-state index in [1.165, 1.54) is 11.8 Å². The second-order valence-corrected chi connectivity index (χ2v) is 9.37. The van der Waals surface area contributed by atoms with Crippen molar-refractivity contribution >= 4 is 41.4 Å². The molecule has 0 saturated heterocycles. The van der Waals surface area contributed by atoms with Gasteiger partial charge in [0.2, 0.25) is 23.6 Å². The molecule has 0 aromatic heterocycles. The monoisotopic (exact) mass is 489 g/mol. The molecule has 0 aliphatic heterocycles. The minimum atomic E-state index is -1.21. The molecule has 0 aromatic rings. The van der Waals surface area contributed by atoms with Gasteiger partial charge in [-0.05, 0) is 36.7 Å². The fraction of sp³-hybridized carbons (Fsp3) is 0.762. The van der Waals surface area contributed by atoms with Crippen molar-refractivity contribution in [2.75, 3.05) is 12.0 Å². The van der Waals surface area contributed by atoms with Crippen molar-refractivity contribution in [1.82, 2.24) is 16.0 Å². The van der Waals surface area contributed by atoms with Crippen LogP contribution in [0.15, 0.2) is 0 Å². The molecule has 8 N–H and O–H groups in total. The van der Waals surface area contributed by atoms with Gasteiger partial charge in [0.25, 0.3) is 0 Å². The first-order valence-electron chi connectivity index (χ1n) is 11.0. The first-order chi connectivity index (χ1) is 15.3. The summed E-state index contributed by atoms with van der Waals surface area (Å²) < 4.78 is 0. The van der Waals surface area contributed by atoms with Crippen LogP contribution in [0.25, 0.3) is 0 Å². The van der Waals surface area contributed by atoms with Gasteiger partial charge in [-0.15, -0.1) is 0 Å². The van der Waals surface area contributed by atoms with E-state index >= 15 is 0 Å². The van der Waals surface area contributed by atoms with Crippen molar-refractivity contribution in [3.05, 3.63) is 0 Å². The van der Waals surface area contributed by atoms with Gasteiger partial charge < -0.3 is 32.5 Å². The van der Waals surface area contributed by atoms with Crippen LogP contribution in [-0.4, -0.2) is 70.9 Å². The van der Waals surface area contributed by atoms with Crippen molar-refractivity contribution < 1.29 is 29.1 Å². The van der Waals surface area contributed by atoms with Crippen LogP contribution in [0, 0.1) is 11.8 Å². The molecule has 0 heterocycles. The van der Waals surface area contributed by atoms with E-state index in [1.54, 1.807) is 27.7 Å². The number of hydrogen-bond acceptors (Lipinski definition) is 7. The molecule has 11 nitrogen and oxygen atoms in total. The number of amides is 4. The smallest absolute Gasteiger partial charge is 0.326 e. The van der Waals surface area contributed by atoms with E-state index in [9.17, 15) is 29.1 Å². The lowest BCUT2D eigenvalue weighted by molar-refractivity contribution is -0.144. The van der Waals surface area contributed by atoms with Gasteiger partial charge in [-0.3, -0.25) is 19.2 Å². The SMILES string of the molecule is CCC(C)C(NC(=O)C(CCC(N)=O)NC(=O)C(CCSC)NC(=O)C(N)C(C)C)C(=O)O. The summed E-state index contributed by atoms with van der Waals surface area (Å²) in [4.78, 5) is 61.0. The summed E-state index contributed by atoms with van der Waals surface area (Å²) in [6.07, 6.45) is 2.33. The molecule has 0 aromatic carbocycles. The van der Waals surface area contributed by atoms with Crippen LogP contribution in [0.3, 0.4) is 0 Å². The van der Waals surface area contributed by atoms with Gasteiger partial charge in [0.15, 0.2) is 0 Å². The first kappa shape index (κ1) is 30.7. The van der Waals surface area contributed by atoms with Gasteiger partial charge in [0.1, 0.15) is 18.1 Å². The quantitative estimate of drug-likeness (QED) is 0.168. The Morgan fingerprint density at radius 2 is 1.42 bits per heavy atom. The molecule has 190 valence electrons. The number of rotatable bonds is 16. The Morgan fingerprint density at radius 3 is 1.88 bits per heavy atom. The van der Waals surface area contributed by atoms with Crippen LogP contribution < -0.4 is 27.4 Å². The Balaban J connectivity index is 5.58. The van der Waals surface area contributed by atoms with Gasteiger partial charge in [-0.25, -0.2) is 4.79 Å². The van der Waals surface area contributed by atoms with Gasteiger partial charge in [-0.2, -0.15) is 11.8 Å². The summed E-state index contributed by atoms with van der Waals surface area (Å²) in [6.45, 7) is 7.03. The van der Waals surface area contributed by atoms with Crippen molar-refractivity contribution in [2.45, 2.75) is 77.5 Å². The highest BCUT2D eigenvalue weighted by atomic mass is 32.2. The second-order valence-electron chi connectivity index (χ2n) is 8.39. The van der Waals surface area contributed by atoms with E-state index in [1.807, 2.05) is 6.26 Å². The maximum absolute atomic E-state index is 13.0. The van der Waals surface area contributed by atoms with Crippen LogP contribution in [-0.2, 0) is 24.0 Å². The normalized spacial score (nSPS) is 15.6. The molecular formula is C21H39N5O6S. The summed E-state index contributed by atoms with van der Waals surface area (Å²) >= 11 is 1.48. The maximum atomic E-state index is 13.0. The molecule has 0 aliphatic rings. The fourth-order valence-corrected chi connectivity index (χ4v) is 3.31. The molecule has 4 amide bonds. The van der Waals surface area contributed by atoms with Gasteiger partial charge in [0.05, 0.1) is 6.04 Å². The largest absolute Gasteiger partial charge is 0.480 e. The van der Waals surface area contributed by atoms with Crippen LogP contribution in [0.5, 0.6) is 0 Å². The highest BCUT2D eigenvalue weighted by molar-refractivity contribution is 7.98. The molecule has 0 radical (unpaired) electrons. The highest BCUT2D eigenvalue weighted by Gasteiger charge is 2.32. The molecule has 0 aliphatic carbocycles. The molecule has 33 heavy (non-hydrogen) atoms. The fourth-order valence-electron chi connectivity index (χ4n) is 2.84. The van der Waals surface area contributed by atoms with Crippen LogP contribution in [0.2, 0.25) is 0 Å². The van der Waals surface area contributed by atoms with Crippen LogP contribution >= 0.6 is 11.8 Å². The number of carbonyl (C=O) groups excluding carboxylic acids is 4. The molecule has 5 unspecified atom stereocenters. The Hall–Kier alpha value is -2.34. The number of thioether (sulfide) groups is 1. The second kappa shape index (κ2) is 15.5. The summed E-state index contributed by atoms with van der Waals surface area (Å²) in [5, 5.41) is 17.0. The van der Waals surface area contributed by atoms with E-state index in [-0.39, 0.29) is 24.7 Å². The summed E-state index contributed by atoms with van der Waals surface area (Å²) in [6, 6.07) is -4.13. The predicted molar refractivity (Wildman–Crippen MR) is 127 cm³/mol. The average molecular weight is 490 g/mol. The number of carboxylic acid groups (broad SMARTS) is 1. The predicted octanol–water partition coefficient (Wildman–Crippen LogP) is -0.427. The molecular weight excluding hydrogens is 450 g/mol. The standard InChI is InChI=1S/C21H39N5O6S/c1-6-12(4)17(21(31)32)26-19(29)13(7-8-15(22)27)24-18(28)14(9-10-33-5)25-20(30)16(23)11(2)3/h11-14,16-17H,6-10,23H2,1-5H3,(H2,22,27)(H,24,28)(H,25,30)(H,26,29)(H,31,32). The van der Waals surface area contributed by atoms with Gasteiger partial charge in [0, 0.05) is 6.42 Å². The molecule has 0 saturated carbocycles. The number of aliphatic carboxylic acids is 1. The Morgan fingerprint density at radius 1 is 0.909 bits per heavy atom. The lowest BCUT2D eigenvalue weighted by atomic mass is 9.98. The minimum Gasteiger partial charge on any atom is -0.480 e. The molecule has 12 heteroatoms. The Labute approximate surface area is 199 Å². The molecule has 0 rings (SSSR count). The lowest BCUT2D eigenvalue weighted by Crippen LogP contribution is -2.58. The molecule has 0 spiro atoms. The van der Waals surface area contributed by atoms with E-state index in [0.717, 1.165) is 0 Å². The van der Waals surface area contributed by atoms with Gasteiger partial charge in [-0.1, -0.05) is 34.1 Å². The summed E-state index contributed by atoms with van der Waals surface area (Å²) in [5.74, 6) is -3.68. The zero-order valence-electron chi connectivity index (χ0n) is 20.1. The Bertz CT molecular complexity index is 690. The zero-order chi connectivity index (χ0) is 25.7. The van der Waals surface area contributed by atoms with E-state index < -0.39 is 53.8 Å². The highest BCUT2D eigenvalue weighted by Crippen LogP contribution is 2.10. The summed E-state index contributed by atoms with van der Waals surface area (Å²) in [7, 11) is 0. The topological polar surface area (TPSA) is 194 Å². The number of nitrogens with two attached hydrogens (primary N) is 2. The lowest BCUT2D eigenvalue weighted by Gasteiger charge is -2.26. The van der Waals surface area contributed by atoms with Crippen molar-refractivity contribution in [1.29, 1.82) is 0 Å². The molecule has 5 atom stereocenters. The van der Waals surface area contributed by atoms with Crippen LogP contribution in [0.1, 0.15) is 53.4 Å². The zero-order valence-corrected chi connectivity index (χ0v) is 20.9. The molecule has 0 fully saturated rings.